The molecule has 2 aliphatic rings. The highest BCUT2D eigenvalue weighted by molar-refractivity contribution is 5.69. The molecule has 0 spiro atoms. The topological polar surface area (TPSA) is 60.7 Å². The van der Waals surface area contributed by atoms with E-state index in [4.69, 9.17) is 0 Å². The van der Waals surface area contributed by atoms with Gasteiger partial charge in [-0.25, -0.2) is 4.39 Å². The Hall–Kier alpha value is -2.17. The monoisotopic (exact) mass is 368 g/mol. The van der Waals surface area contributed by atoms with Gasteiger partial charge in [0, 0.05) is 11.0 Å². The molecule has 0 heterocycles. The number of benzene rings is 2. The van der Waals surface area contributed by atoms with E-state index in [1.54, 1.807) is 25.1 Å². The third-order valence-electron chi connectivity index (χ3n) is 6.80. The number of hydrogen-bond acceptors (Lipinski definition) is 3. The van der Waals surface area contributed by atoms with Crippen molar-refractivity contribution in [2.75, 3.05) is 0 Å². The summed E-state index contributed by atoms with van der Waals surface area (Å²) < 4.78 is 14.9. The number of allylic oxidation sites excluding steroid dienone is 1. The number of rotatable bonds is 2. The maximum absolute atomic E-state index is 14.9. The van der Waals surface area contributed by atoms with Crippen LogP contribution < -0.4 is 0 Å². The summed E-state index contributed by atoms with van der Waals surface area (Å²) in [4.78, 5) is 0. The molecule has 0 unspecified atom stereocenters. The van der Waals surface area contributed by atoms with Crippen LogP contribution in [0.15, 0.2) is 54.6 Å². The van der Waals surface area contributed by atoms with Gasteiger partial charge in [0.1, 0.15) is 17.2 Å². The van der Waals surface area contributed by atoms with E-state index in [9.17, 15) is 19.7 Å². The van der Waals surface area contributed by atoms with E-state index in [-0.39, 0.29) is 23.9 Å². The highest BCUT2D eigenvalue weighted by Crippen LogP contribution is 2.60. The van der Waals surface area contributed by atoms with Crippen molar-refractivity contribution in [3.8, 4) is 5.75 Å². The Morgan fingerprint density at radius 1 is 1.11 bits per heavy atom. The van der Waals surface area contributed by atoms with E-state index in [1.807, 2.05) is 37.3 Å². The molecule has 2 aromatic rings. The van der Waals surface area contributed by atoms with Gasteiger partial charge in [-0.15, -0.1) is 0 Å². The van der Waals surface area contributed by atoms with Crippen LogP contribution in [0.2, 0.25) is 0 Å². The van der Waals surface area contributed by atoms with Gasteiger partial charge in [-0.05, 0) is 61.4 Å². The Kier molecular flexibility index (Phi) is 3.99. The van der Waals surface area contributed by atoms with Crippen LogP contribution in [-0.4, -0.2) is 20.9 Å². The molecule has 3 nitrogen and oxygen atoms in total. The van der Waals surface area contributed by atoms with Gasteiger partial charge in [0.25, 0.3) is 0 Å². The smallest absolute Gasteiger partial charge is 0.127 e. The summed E-state index contributed by atoms with van der Waals surface area (Å²) in [5.41, 5.74) is -1.54. The summed E-state index contributed by atoms with van der Waals surface area (Å²) >= 11 is 0. The molecule has 0 radical (unpaired) electrons. The van der Waals surface area contributed by atoms with Gasteiger partial charge >= 0.3 is 0 Å². The van der Waals surface area contributed by atoms with Gasteiger partial charge in [-0.1, -0.05) is 43.3 Å². The lowest BCUT2D eigenvalue weighted by molar-refractivity contribution is -0.198. The van der Waals surface area contributed by atoms with Crippen LogP contribution in [0.5, 0.6) is 5.75 Å². The molecule has 3 N–H and O–H groups in total. The number of aliphatic hydroxyl groups is 2. The van der Waals surface area contributed by atoms with Crippen molar-refractivity contribution in [1.29, 1.82) is 0 Å². The molecule has 1 saturated carbocycles. The molecule has 0 aliphatic heterocycles. The second kappa shape index (κ2) is 5.91. The van der Waals surface area contributed by atoms with Crippen molar-refractivity contribution in [3.63, 3.8) is 0 Å². The van der Waals surface area contributed by atoms with Gasteiger partial charge in [-0.3, -0.25) is 0 Å². The summed E-state index contributed by atoms with van der Waals surface area (Å²) in [6.07, 6.45) is 2.79. The fourth-order valence-corrected chi connectivity index (χ4v) is 5.29. The first-order valence-corrected chi connectivity index (χ1v) is 9.45. The lowest BCUT2D eigenvalue weighted by atomic mass is 9.50. The minimum Gasteiger partial charge on any atom is -0.508 e. The van der Waals surface area contributed by atoms with Gasteiger partial charge in [-0.2, -0.15) is 0 Å². The van der Waals surface area contributed by atoms with Gasteiger partial charge in [0.05, 0.1) is 5.60 Å². The minimum absolute atomic E-state index is 0.0189. The normalized spacial score (nSPS) is 35.1. The second-order valence-corrected chi connectivity index (χ2v) is 8.24. The third kappa shape index (κ3) is 2.47. The number of aromatic hydroxyl groups is 1. The SMILES string of the molecule is CC[C@@]12C[C@@](C)(O)[C@](O)(c3ccccc3)C[C@H]1C=C(F)c1cc(O)ccc12. The predicted molar refractivity (Wildman–Crippen MR) is 103 cm³/mol. The molecule has 4 heteroatoms. The molecule has 27 heavy (non-hydrogen) atoms. The summed E-state index contributed by atoms with van der Waals surface area (Å²) in [5.74, 6) is -0.623. The number of halogens is 1. The molecule has 0 bridgehead atoms. The molecule has 0 aromatic heterocycles. The third-order valence-corrected chi connectivity index (χ3v) is 6.80. The van der Waals surface area contributed by atoms with Crippen molar-refractivity contribution in [3.05, 3.63) is 71.3 Å². The molecular formula is C23H25FO3. The van der Waals surface area contributed by atoms with Crippen LogP contribution in [0, 0.1) is 5.92 Å². The first kappa shape index (κ1) is 18.2. The van der Waals surface area contributed by atoms with Crippen molar-refractivity contribution in [1.82, 2.24) is 0 Å². The quantitative estimate of drug-likeness (QED) is 0.736. The second-order valence-electron chi connectivity index (χ2n) is 8.24. The predicted octanol–water partition coefficient (Wildman–Crippen LogP) is 4.41. The average molecular weight is 368 g/mol. The van der Waals surface area contributed by atoms with Gasteiger partial charge < -0.3 is 15.3 Å². The number of phenolic OH excluding ortho intramolecular Hbond substituents is 1. The fraction of sp³-hybridized carbons (Fsp3) is 0.391. The van der Waals surface area contributed by atoms with Crippen LogP contribution in [0.1, 0.15) is 49.8 Å². The maximum atomic E-state index is 14.9. The average Bonchev–Trinajstić information content (AvgIpc) is 2.64. The summed E-state index contributed by atoms with van der Waals surface area (Å²) in [6, 6.07) is 13.9. The molecule has 142 valence electrons. The standard InChI is InChI=1S/C23H25FO3/c1-3-22-14-21(2,26)23(27,15-7-5-4-6-8-15)13-16(22)11-20(24)18-12-17(25)9-10-19(18)22/h4-12,16,25-27H,3,13-14H2,1-2H3/t16-,21-,22-,23-/m1/s1. The van der Waals surface area contributed by atoms with E-state index >= 15 is 0 Å². The first-order valence-electron chi connectivity index (χ1n) is 9.45. The van der Waals surface area contributed by atoms with E-state index in [0.717, 1.165) is 5.56 Å². The van der Waals surface area contributed by atoms with Crippen LogP contribution in [0.3, 0.4) is 0 Å². The van der Waals surface area contributed by atoms with Crippen LogP contribution in [0.25, 0.3) is 5.83 Å². The molecule has 0 saturated heterocycles. The molecule has 2 aliphatic carbocycles. The van der Waals surface area contributed by atoms with E-state index in [1.165, 1.54) is 6.07 Å². The summed E-state index contributed by atoms with van der Waals surface area (Å²) in [6.45, 7) is 3.70. The highest BCUT2D eigenvalue weighted by atomic mass is 19.1. The van der Waals surface area contributed by atoms with E-state index in [2.05, 4.69) is 0 Å². The maximum Gasteiger partial charge on any atom is 0.127 e. The molecule has 1 fully saturated rings. The Balaban J connectivity index is 1.89. The Morgan fingerprint density at radius 2 is 1.81 bits per heavy atom. The highest BCUT2D eigenvalue weighted by Gasteiger charge is 2.60. The molecule has 4 rings (SSSR count). The van der Waals surface area contributed by atoms with Crippen molar-refractivity contribution in [2.24, 2.45) is 5.92 Å². The number of phenols is 1. The Bertz CT molecular complexity index is 905. The zero-order valence-corrected chi connectivity index (χ0v) is 15.6. The fourth-order valence-electron chi connectivity index (χ4n) is 5.29. The zero-order chi connectivity index (χ0) is 19.4. The molecule has 0 amide bonds. The number of fused-ring (bicyclic) bond motifs is 3. The van der Waals surface area contributed by atoms with Crippen molar-refractivity contribution >= 4 is 5.83 Å². The largest absolute Gasteiger partial charge is 0.508 e. The first-order chi connectivity index (χ1) is 12.7. The minimum atomic E-state index is -1.47. The van der Waals surface area contributed by atoms with Crippen LogP contribution in [-0.2, 0) is 11.0 Å². The summed E-state index contributed by atoms with van der Waals surface area (Å²) in [7, 11) is 0. The number of hydrogen-bond donors (Lipinski definition) is 3. The summed E-state index contributed by atoms with van der Waals surface area (Å²) in [5, 5.41) is 32.8. The van der Waals surface area contributed by atoms with Crippen molar-refractivity contribution < 1.29 is 19.7 Å². The van der Waals surface area contributed by atoms with Gasteiger partial charge in [0.2, 0.25) is 0 Å². The lowest BCUT2D eigenvalue weighted by Gasteiger charge is -2.57. The molecule has 4 atom stereocenters. The van der Waals surface area contributed by atoms with Crippen LogP contribution >= 0.6 is 0 Å². The van der Waals surface area contributed by atoms with E-state index < -0.39 is 16.6 Å². The van der Waals surface area contributed by atoms with Crippen molar-refractivity contribution in [2.45, 2.75) is 49.7 Å². The Morgan fingerprint density at radius 3 is 2.48 bits per heavy atom. The van der Waals surface area contributed by atoms with E-state index in [0.29, 0.717) is 24.0 Å². The lowest BCUT2D eigenvalue weighted by Crippen LogP contribution is -2.61. The molecule has 2 aromatic carbocycles. The Labute approximate surface area is 158 Å². The van der Waals surface area contributed by atoms with Crippen LogP contribution in [0.4, 0.5) is 4.39 Å². The zero-order valence-electron chi connectivity index (χ0n) is 15.6. The van der Waals surface area contributed by atoms with Gasteiger partial charge in [0.15, 0.2) is 0 Å². The molecular weight excluding hydrogens is 343 g/mol.